The van der Waals surface area contributed by atoms with Crippen LogP contribution in [-0.4, -0.2) is 18.9 Å². The molecule has 0 saturated heterocycles. The van der Waals surface area contributed by atoms with Gasteiger partial charge in [0.15, 0.2) is 5.70 Å². The van der Waals surface area contributed by atoms with E-state index in [-0.39, 0.29) is 17.5 Å². The summed E-state index contributed by atoms with van der Waals surface area (Å²) in [4.78, 5) is 27.5. The second-order valence-corrected chi connectivity index (χ2v) is 13.6. The van der Waals surface area contributed by atoms with Crippen molar-refractivity contribution >= 4 is 40.3 Å². The van der Waals surface area contributed by atoms with E-state index in [0.29, 0.717) is 5.56 Å². The molecule has 0 aliphatic rings. The molecule has 228 valence electrons. The van der Waals surface area contributed by atoms with Crippen molar-refractivity contribution in [2.45, 2.75) is 0 Å². The number of nitrogens with one attached hydrogen (secondary N) is 2. The van der Waals surface area contributed by atoms with E-state index in [1.807, 2.05) is 103 Å². The first kappa shape index (κ1) is 33.2. The molecule has 0 radical (unpaired) electrons. The van der Waals surface area contributed by atoms with Gasteiger partial charge in [-0.25, -0.2) is 18.6 Å². The van der Waals surface area contributed by atoms with Crippen LogP contribution in [0.25, 0.3) is 5.31 Å². The van der Waals surface area contributed by atoms with Crippen LogP contribution in [0.15, 0.2) is 157 Å². The van der Waals surface area contributed by atoms with Gasteiger partial charge in [-0.1, -0.05) is 103 Å². The zero-order valence-corrected chi connectivity index (χ0v) is 25.9. The van der Waals surface area contributed by atoms with Crippen LogP contribution in [0.4, 0.5) is 0 Å². The van der Waals surface area contributed by atoms with Gasteiger partial charge in [0.1, 0.15) is 28.5 Å². The Hall–Kier alpha value is -4.66. The summed E-state index contributed by atoms with van der Waals surface area (Å²) < 4.78 is 34.0. The third kappa shape index (κ3) is 8.29. The normalized spacial score (nSPS) is 11.8. The van der Waals surface area contributed by atoms with Crippen molar-refractivity contribution in [3.63, 3.8) is 0 Å². The van der Waals surface area contributed by atoms with E-state index >= 15 is 0 Å². The average molecular weight is 641 g/mol. The fourth-order valence-corrected chi connectivity index (χ4v) is 9.57. The van der Waals surface area contributed by atoms with Crippen LogP contribution in [0.3, 0.4) is 0 Å². The summed E-state index contributed by atoms with van der Waals surface area (Å²) in [6.07, 6.45) is 0. The van der Waals surface area contributed by atoms with E-state index in [4.69, 9.17) is 18.6 Å². The molecule has 0 bridgehead atoms. The SMILES string of the molecule is CNC(=O)/C(NC(=O)c1ccccc1)=C(\c1ccccc1)[P+](c1ccccc1)(c1ccccc1)c1ccccc1.[O-][Cl+3]([O-])([O-])[O-]. The molecule has 0 saturated carbocycles. The van der Waals surface area contributed by atoms with E-state index in [1.54, 1.807) is 19.2 Å². The quantitative estimate of drug-likeness (QED) is 0.189. The third-order valence-electron chi connectivity index (χ3n) is 6.78. The fraction of sp³-hybridized carbons (Fsp3) is 0.0286. The van der Waals surface area contributed by atoms with Gasteiger partial charge in [0.2, 0.25) is 0 Å². The standard InChI is InChI=1S/C35H29N2O2P.ClHO4/c1-36-35(39)32(37-34(38)28-19-9-3-10-20-28)33(27-17-7-2-8-18-27)40(29-21-11-4-12-22-29,30-23-13-5-14-24-30)31-25-15-6-16-26-31;2-1(3,4)5/h2-26H,1H3,(H-,36,37,38,39);(H,2,3,4,5)/b33-32-;. The molecule has 5 aromatic carbocycles. The number of hydrogen-bond acceptors (Lipinski definition) is 6. The molecule has 0 unspecified atom stereocenters. The Kier molecular flexibility index (Phi) is 11.4. The first-order chi connectivity index (χ1) is 21.7. The smallest absolute Gasteiger partial charge is 0.271 e. The Balaban J connectivity index is 0.000000854. The number of rotatable bonds is 8. The molecule has 5 rings (SSSR count). The molecule has 0 heterocycles. The lowest BCUT2D eigenvalue weighted by atomic mass is 10.1. The van der Waals surface area contributed by atoms with Crippen LogP contribution >= 0.6 is 7.26 Å². The molecular weight excluding hydrogens is 611 g/mol. The number of halogens is 1. The number of benzene rings is 5. The number of hydrogen-bond donors (Lipinski definition) is 2. The van der Waals surface area contributed by atoms with Crippen molar-refractivity contribution in [1.29, 1.82) is 0 Å². The maximum absolute atomic E-state index is 13.9. The minimum atomic E-state index is -4.94. The highest BCUT2D eigenvalue weighted by Crippen LogP contribution is 2.67. The maximum atomic E-state index is 13.9. The Morgan fingerprint density at radius 2 is 0.844 bits per heavy atom. The van der Waals surface area contributed by atoms with E-state index in [9.17, 15) is 9.59 Å². The highest BCUT2D eigenvalue weighted by Gasteiger charge is 2.52. The molecule has 0 aromatic heterocycles. The highest BCUT2D eigenvalue weighted by atomic mass is 35.7. The molecule has 5 aromatic rings. The van der Waals surface area contributed by atoms with Crippen LogP contribution in [0.2, 0.25) is 0 Å². The van der Waals surface area contributed by atoms with Crippen molar-refractivity contribution in [2.75, 3.05) is 7.05 Å². The van der Waals surface area contributed by atoms with Crippen molar-refractivity contribution < 1.29 is 38.5 Å². The molecule has 2 N–H and O–H groups in total. The van der Waals surface area contributed by atoms with Gasteiger partial charge in [-0.15, -0.1) is 10.2 Å². The highest BCUT2D eigenvalue weighted by molar-refractivity contribution is 8.03. The topological polar surface area (TPSA) is 150 Å². The summed E-state index contributed by atoms with van der Waals surface area (Å²) in [5.74, 6) is -0.713. The zero-order chi connectivity index (χ0) is 32.3. The summed E-state index contributed by atoms with van der Waals surface area (Å²) in [7, 11) is -6.11. The minimum absolute atomic E-state index is 0.229. The monoisotopic (exact) mass is 640 g/mol. The minimum Gasteiger partial charge on any atom is -0.354 e. The molecule has 0 atom stereocenters. The molecule has 10 heteroatoms. The molecule has 45 heavy (non-hydrogen) atoms. The molecular formula is C35H30ClN2O6P. The van der Waals surface area contributed by atoms with Crippen molar-refractivity contribution in [3.05, 3.63) is 168 Å². The van der Waals surface area contributed by atoms with Crippen molar-refractivity contribution in [2.24, 2.45) is 0 Å². The van der Waals surface area contributed by atoms with Gasteiger partial charge >= 0.3 is 0 Å². The second kappa shape index (κ2) is 15.4. The lowest BCUT2D eigenvalue weighted by Gasteiger charge is -2.31. The zero-order valence-electron chi connectivity index (χ0n) is 24.2. The van der Waals surface area contributed by atoms with E-state index < -0.39 is 17.5 Å². The third-order valence-corrected chi connectivity index (χ3v) is 11.1. The van der Waals surface area contributed by atoms with Crippen LogP contribution in [0, 0.1) is 10.2 Å². The summed E-state index contributed by atoms with van der Waals surface area (Å²) in [6.45, 7) is 0. The maximum Gasteiger partial charge on any atom is 0.271 e. The number of carbonyl (C=O) groups is 2. The number of likely N-dealkylation sites (N-methyl/N-ethyl adjacent to an activating group) is 1. The van der Waals surface area contributed by atoms with Gasteiger partial charge in [0, 0.05) is 18.2 Å². The summed E-state index contributed by atoms with van der Waals surface area (Å²) in [5.41, 5.74) is 1.56. The second-order valence-electron chi connectivity index (χ2n) is 9.54. The molecule has 0 spiro atoms. The first-order valence-electron chi connectivity index (χ1n) is 13.7. The fourth-order valence-electron chi connectivity index (χ4n) is 5.01. The lowest BCUT2D eigenvalue weighted by Crippen LogP contribution is -2.68. The Labute approximate surface area is 264 Å². The predicted octanol–water partition coefficient (Wildman–Crippen LogP) is 0.769. The van der Waals surface area contributed by atoms with Gasteiger partial charge in [-0.3, -0.25) is 9.59 Å². The first-order valence-corrected chi connectivity index (χ1v) is 16.7. The van der Waals surface area contributed by atoms with Crippen molar-refractivity contribution in [3.8, 4) is 0 Å². The van der Waals surface area contributed by atoms with Gasteiger partial charge in [0.05, 0.1) is 0 Å². The van der Waals surface area contributed by atoms with Gasteiger partial charge < -0.3 is 10.6 Å². The Morgan fingerprint density at radius 3 is 1.18 bits per heavy atom. The van der Waals surface area contributed by atoms with E-state index in [0.717, 1.165) is 26.8 Å². The van der Waals surface area contributed by atoms with E-state index in [1.165, 1.54) is 0 Å². The summed E-state index contributed by atoms with van der Waals surface area (Å²) in [5, 5.41) is 9.85. The molecule has 2 amide bonds. The van der Waals surface area contributed by atoms with Crippen LogP contribution < -0.4 is 45.2 Å². The molecule has 0 aliphatic heterocycles. The average Bonchev–Trinajstić information content (AvgIpc) is 3.07. The molecule has 8 nitrogen and oxygen atoms in total. The largest absolute Gasteiger partial charge is 0.354 e. The molecule has 0 fully saturated rings. The molecule has 0 aliphatic carbocycles. The number of carbonyl (C=O) groups excluding carboxylic acids is 2. The summed E-state index contributed by atoms with van der Waals surface area (Å²) >= 11 is 0. The van der Waals surface area contributed by atoms with Crippen LogP contribution in [0.5, 0.6) is 0 Å². The van der Waals surface area contributed by atoms with Gasteiger partial charge in [-0.05, 0) is 48.5 Å². The van der Waals surface area contributed by atoms with Gasteiger partial charge in [-0.2, -0.15) is 0 Å². The van der Waals surface area contributed by atoms with Crippen LogP contribution in [-0.2, 0) is 4.79 Å². The number of amides is 2. The Morgan fingerprint density at radius 1 is 0.533 bits per heavy atom. The predicted molar refractivity (Wildman–Crippen MR) is 166 cm³/mol. The lowest BCUT2D eigenvalue weighted by molar-refractivity contribution is -2.00. The van der Waals surface area contributed by atoms with E-state index in [2.05, 4.69) is 47.0 Å². The Bertz CT molecular complexity index is 1620. The van der Waals surface area contributed by atoms with Gasteiger partial charge in [0.25, 0.3) is 11.8 Å². The summed E-state index contributed by atoms with van der Waals surface area (Å²) in [6, 6.07) is 49.8. The van der Waals surface area contributed by atoms with Crippen molar-refractivity contribution in [1.82, 2.24) is 10.6 Å². The van der Waals surface area contributed by atoms with Crippen LogP contribution in [0.1, 0.15) is 15.9 Å².